The normalized spacial score (nSPS) is 13.3. The van der Waals surface area contributed by atoms with Gasteiger partial charge in [0.25, 0.3) is 0 Å². The van der Waals surface area contributed by atoms with Crippen LogP contribution in [0.15, 0.2) is 18.2 Å². The molecule has 1 aromatic carbocycles. The molecular weight excluding hydrogens is 383 g/mol. The Morgan fingerprint density at radius 1 is 1.31 bits per heavy atom. The Balaban J connectivity index is 1.97. The third-order valence-electron chi connectivity index (χ3n) is 4.59. The van der Waals surface area contributed by atoms with Crippen LogP contribution in [-0.2, 0) is 0 Å². The number of hydrogen-bond donors (Lipinski definition) is 2. The van der Waals surface area contributed by atoms with E-state index in [1.807, 2.05) is 0 Å². The molecule has 1 fully saturated rings. The van der Waals surface area contributed by atoms with Crippen molar-refractivity contribution in [3.8, 4) is 22.9 Å². The third-order valence-corrected chi connectivity index (χ3v) is 4.59. The van der Waals surface area contributed by atoms with Crippen molar-refractivity contribution in [1.29, 1.82) is 0 Å². The van der Waals surface area contributed by atoms with Crippen LogP contribution in [0.2, 0.25) is 0 Å². The molecule has 0 saturated heterocycles. The zero-order valence-electron chi connectivity index (χ0n) is 15.6. The van der Waals surface area contributed by atoms with Gasteiger partial charge in [0.1, 0.15) is 11.5 Å². The number of rotatable bonds is 5. The highest BCUT2D eigenvalue weighted by molar-refractivity contribution is 6.07. The molecule has 1 amide bonds. The van der Waals surface area contributed by atoms with Crippen LogP contribution >= 0.6 is 0 Å². The maximum Gasteiger partial charge on any atom is 0.332 e. The second kappa shape index (κ2) is 7.00. The number of amides is 1. The SMILES string of the molecule is COc1cc(-c2c(F)ccc3c(N)c(C(=O)NC4CC4)[n+]([O-])nc23)c(OC)nn1. The summed E-state index contributed by atoms with van der Waals surface area (Å²) in [6.45, 7) is 0. The number of nitrogen functional groups attached to an aromatic ring is 1. The summed E-state index contributed by atoms with van der Waals surface area (Å²) in [4.78, 5) is 12.5. The number of nitrogens with zero attached hydrogens (tertiary/aromatic N) is 4. The van der Waals surface area contributed by atoms with Gasteiger partial charge in [-0.1, -0.05) is 0 Å². The van der Waals surface area contributed by atoms with Gasteiger partial charge in [0.15, 0.2) is 5.52 Å². The van der Waals surface area contributed by atoms with Crippen molar-refractivity contribution in [3.63, 3.8) is 0 Å². The maximum absolute atomic E-state index is 14.8. The summed E-state index contributed by atoms with van der Waals surface area (Å²) in [5.41, 5.74) is 5.73. The van der Waals surface area contributed by atoms with Gasteiger partial charge >= 0.3 is 11.6 Å². The lowest BCUT2D eigenvalue weighted by Crippen LogP contribution is -2.44. The summed E-state index contributed by atoms with van der Waals surface area (Å²) in [6, 6.07) is 3.97. The molecule has 4 rings (SSSR count). The Morgan fingerprint density at radius 2 is 2.07 bits per heavy atom. The number of ether oxygens (including phenoxy) is 2. The molecule has 150 valence electrons. The highest BCUT2D eigenvalue weighted by Crippen LogP contribution is 2.37. The summed E-state index contributed by atoms with van der Waals surface area (Å²) < 4.78 is 25.1. The Morgan fingerprint density at radius 3 is 2.72 bits per heavy atom. The Labute approximate surface area is 164 Å². The number of anilines is 1. The molecule has 10 nitrogen and oxygen atoms in total. The van der Waals surface area contributed by atoms with Gasteiger partial charge in [-0.05, 0) is 29.8 Å². The van der Waals surface area contributed by atoms with Crippen LogP contribution in [0.4, 0.5) is 10.1 Å². The first-order valence-corrected chi connectivity index (χ1v) is 8.73. The van der Waals surface area contributed by atoms with Crippen LogP contribution < -0.4 is 25.4 Å². The van der Waals surface area contributed by atoms with E-state index in [1.165, 1.54) is 32.4 Å². The monoisotopic (exact) mass is 400 g/mol. The number of carbonyl (C=O) groups is 1. The molecule has 0 bridgehead atoms. The van der Waals surface area contributed by atoms with Crippen molar-refractivity contribution in [2.45, 2.75) is 18.9 Å². The standard InChI is InChI=1S/C18H17FN6O4/c1-28-12-7-10(18(29-2)23-22-12)13-11(19)6-5-9-14(20)16(25(27)24-15(9)13)17(26)21-8-3-4-8/h5-8H,3-4,20H2,1-2H3,(H,21,26). The molecule has 11 heteroatoms. The number of hydrogen-bond acceptors (Lipinski definition) is 8. The highest BCUT2D eigenvalue weighted by Gasteiger charge is 2.32. The summed E-state index contributed by atoms with van der Waals surface area (Å²) >= 11 is 0. The first-order chi connectivity index (χ1) is 13.9. The zero-order valence-corrected chi connectivity index (χ0v) is 15.6. The van der Waals surface area contributed by atoms with E-state index in [1.54, 1.807) is 0 Å². The maximum atomic E-state index is 14.8. The fourth-order valence-corrected chi connectivity index (χ4v) is 3.00. The highest BCUT2D eigenvalue weighted by atomic mass is 19.1. The van der Waals surface area contributed by atoms with Gasteiger partial charge in [0.2, 0.25) is 11.8 Å². The molecule has 0 aliphatic heterocycles. The van der Waals surface area contributed by atoms with Crippen molar-refractivity contribution in [2.75, 3.05) is 20.0 Å². The molecule has 0 unspecified atom stereocenters. The van der Waals surface area contributed by atoms with Crippen LogP contribution in [0.1, 0.15) is 23.3 Å². The van der Waals surface area contributed by atoms with E-state index in [4.69, 9.17) is 15.2 Å². The number of nitrogens with two attached hydrogens (primary N) is 1. The number of benzene rings is 1. The molecule has 3 aromatic rings. The number of carbonyl (C=O) groups excluding carboxylic acids is 1. The fraction of sp³-hybridized carbons (Fsp3) is 0.278. The van der Waals surface area contributed by atoms with E-state index < -0.39 is 11.7 Å². The molecule has 1 aliphatic rings. The third kappa shape index (κ3) is 3.20. The Hall–Kier alpha value is -3.76. The van der Waals surface area contributed by atoms with E-state index in [9.17, 15) is 14.4 Å². The zero-order chi connectivity index (χ0) is 20.7. The number of nitrogens with one attached hydrogen (secondary N) is 1. The van der Waals surface area contributed by atoms with Crippen LogP contribution in [0.25, 0.3) is 22.0 Å². The smallest absolute Gasteiger partial charge is 0.332 e. The van der Waals surface area contributed by atoms with E-state index >= 15 is 0 Å². The van der Waals surface area contributed by atoms with Gasteiger partial charge in [-0.25, -0.2) is 4.39 Å². The minimum absolute atomic E-state index is 0.00516. The second-order valence-electron chi connectivity index (χ2n) is 6.51. The Bertz CT molecular complexity index is 1140. The Kier molecular flexibility index (Phi) is 4.49. The minimum Gasteiger partial charge on any atom is -0.594 e. The molecule has 0 radical (unpaired) electrons. The predicted molar refractivity (Wildman–Crippen MR) is 99.7 cm³/mol. The number of methoxy groups -OCH3 is 2. The number of halogens is 1. The average molecular weight is 400 g/mol. The first kappa shape index (κ1) is 18.6. The topological polar surface area (TPSA) is 139 Å². The summed E-state index contributed by atoms with van der Waals surface area (Å²) in [5.74, 6) is -1.19. The predicted octanol–water partition coefficient (Wildman–Crippen LogP) is 0.956. The molecule has 3 N–H and O–H groups in total. The molecule has 0 atom stereocenters. The van der Waals surface area contributed by atoms with E-state index in [0.29, 0.717) is 0 Å². The summed E-state index contributed by atoms with van der Waals surface area (Å²) in [6.07, 6.45) is 1.69. The van der Waals surface area contributed by atoms with Gasteiger partial charge in [-0.2, -0.15) is 0 Å². The van der Waals surface area contributed by atoms with E-state index in [-0.39, 0.29) is 56.1 Å². The number of aromatic nitrogens is 4. The largest absolute Gasteiger partial charge is 0.594 e. The summed E-state index contributed by atoms with van der Waals surface area (Å²) in [7, 11) is 2.73. The van der Waals surface area contributed by atoms with Gasteiger partial charge in [0, 0.05) is 22.6 Å². The van der Waals surface area contributed by atoms with Crippen LogP contribution in [-0.4, -0.2) is 41.5 Å². The van der Waals surface area contributed by atoms with E-state index in [2.05, 4.69) is 20.6 Å². The van der Waals surface area contributed by atoms with Crippen LogP contribution in [0.5, 0.6) is 11.8 Å². The lowest BCUT2D eigenvalue weighted by molar-refractivity contribution is -0.667. The molecule has 1 aliphatic carbocycles. The van der Waals surface area contributed by atoms with Gasteiger partial charge in [-0.3, -0.25) is 4.79 Å². The molecule has 29 heavy (non-hydrogen) atoms. The lowest BCUT2D eigenvalue weighted by Gasteiger charge is -2.13. The fourth-order valence-electron chi connectivity index (χ4n) is 3.00. The van der Waals surface area contributed by atoms with Crippen molar-refractivity contribution in [2.24, 2.45) is 0 Å². The quantitative estimate of drug-likeness (QED) is 0.477. The lowest BCUT2D eigenvalue weighted by atomic mass is 10.0. The molecule has 2 aromatic heterocycles. The molecule has 0 spiro atoms. The van der Waals surface area contributed by atoms with Crippen LogP contribution in [0, 0.1) is 11.0 Å². The van der Waals surface area contributed by atoms with Crippen LogP contribution in [0.3, 0.4) is 0 Å². The van der Waals surface area contributed by atoms with Gasteiger partial charge < -0.3 is 25.7 Å². The second-order valence-corrected chi connectivity index (χ2v) is 6.51. The van der Waals surface area contributed by atoms with Gasteiger partial charge in [0.05, 0.1) is 25.3 Å². The van der Waals surface area contributed by atoms with Crippen molar-refractivity contribution in [1.82, 2.24) is 20.6 Å². The minimum atomic E-state index is -0.687. The molecule has 2 heterocycles. The van der Waals surface area contributed by atoms with Crippen molar-refractivity contribution < 1.29 is 23.5 Å². The van der Waals surface area contributed by atoms with Crippen molar-refractivity contribution in [3.05, 3.63) is 34.9 Å². The number of fused-ring (bicyclic) bond motifs is 1. The summed E-state index contributed by atoms with van der Waals surface area (Å²) in [5, 5.41) is 27.0. The van der Waals surface area contributed by atoms with Gasteiger partial charge in [-0.15, -0.1) is 10.2 Å². The van der Waals surface area contributed by atoms with Crippen molar-refractivity contribution >= 4 is 22.5 Å². The molecular formula is C18H17FN6O4. The van der Waals surface area contributed by atoms with E-state index in [0.717, 1.165) is 12.8 Å². The average Bonchev–Trinajstić information content (AvgIpc) is 3.51. The first-order valence-electron chi connectivity index (χ1n) is 8.73. The molecule has 1 saturated carbocycles.